The zero-order chi connectivity index (χ0) is 22.6. The molecule has 0 fully saturated rings. The number of carbonyl (C=O) groups is 2. The molecule has 0 aliphatic carbocycles. The largest absolute Gasteiger partial charge is 0.493 e. The van der Waals surface area contributed by atoms with E-state index in [-0.39, 0.29) is 6.54 Å². The first kappa shape index (κ1) is 23.5. The molecule has 0 saturated carbocycles. The first-order valence-electron chi connectivity index (χ1n) is 9.65. The predicted molar refractivity (Wildman–Crippen MR) is 116 cm³/mol. The third-order valence-corrected chi connectivity index (χ3v) is 4.13. The van der Waals surface area contributed by atoms with E-state index >= 15 is 0 Å². The predicted octanol–water partition coefficient (Wildman–Crippen LogP) is 2.38. The molecule has 0 heterocycles. The van der Waals surface area contributed by atoms with Crippen LogP contribution in [0.1, 0.15) is 29.3 Å². The molecular weight excluding hydrogens is 402 g/mol. The van der Waals surface area contributed by atoms with Crippen LogP contribution in [0.15, 0.2) is 41.5 Å². The molecule has 2 aromatic carbocycles. The average molecular weight is 429 g/mol. The molecule has 9 heteroatoms. The van der Waals surface area contributed by atoms with Gasteiger partial charge in [-0.1, -0.05) is 13.0 Å². The maximum atomic E-state index is 12.3. The van der Waals surface area contributed by atoms with Gasteiger partial charge in [0.05, 0.1) is 40.7 Å². The van der Waals surface area contributed by atoms with Gasteiger partial charge in [0, 0.05) is 11.1 Å². The molecule has 2 aromatic rings. The van der Waals surface area contributed by atoms with Crippen molar-refractivity contribution in [1.29, 1.82) is 0 Å². The highest BCUT2D eigenvalue weighted by Gasteiger charge is 2.12. The second-order valence-electron chi connectivity index (χ2n) is 6.27. The second kappa shape index (κ2) is 12.1. The molecule has 31 heavy (non-hydrogen) atoms. The third kappa shape index (κ3) is 6.63. The van der Waals surface area contributed by atoms with Crippen LogP contribution in [-0.2, 0) is 4.79 Å². The molecule has 0 unspecified atom stereocenters. The van der Waals surface area contributed by atoms with Gasteiger partial charge in [-0.15, -0.1) is 0 Å². The zero-order valence-electron chi connectivity index (χ0n) is 18.1. The minimum atomic E-state index is -0.482. The van der Waals surface area contributed by atoms with Crippen LogP contribution in [0.25, 0.3) is 0 Å². The van der Waals surface area contributed by atoms with Crippen molar-refractivity contribution in [3.63, 3.8) is 0 Å². The number of nitrogens with zero attached hydrogens (tertiary/aromatic N) is 1. The van der Waals surface area contributed by atoms with Gasteiger partial charge >= 0.3 is 0 Å². The van der Waals surface area contributed by atoms with Crippen LogP contribution in [0.2, 0.25) is 0 Å². The highest BCUT2D eigenvalue weighted by atomic mass is 16.5. The lowest BCUT2D eigenvalue weighted by molar-refractivity contribution is -0.120. The fourth-order valence-electron chi connectivity index (χ4n) is 2.61. The van der Waals surface area contributed by atoms with Gasteiger partial charge in [0.1, 0.15) is 0 Å². The summed E-state index contributed by atoms with van der Waals surface area (Å²) in [6.45, 7) is 2.28. The Morgan fingerprint density at radius 2 is 1.74 bits per heavy atom. The lowest BCUT2D eigenvalue weighted by atomic mass is 10.2. The summed E-state index contributed by atoms with van der Waals surface area (Å²) in [5.74, 6) is 1.14. The molecule has 0 atom stereocenters. The van der Waals surface area contributed by atoms with Gasteiger partial charge in [-0.2, -0.15) is 5.10 Å². The minimum absolute atomic E-state index is 0.248. The fourth-order valence-corrected chi connectivity index (χ4v) is 2.61. The van der Waals surface area contributed by atoms with Gasteiger partial charge in [0.25, 0.3) is 11.8 Å². The van der Waals surface area contributed by atoms with E-state index in [4.69, 9.17) is 18.9 Å². The summed E-state index contributed by atoms with van der Waals surface area (Å²) in [6, 6.07) is 10.1. The van der Waals surface area contributed by atoms with Gasteiger partial charge in [0.2, 0.25) is 0 Å². The number of carbonyl (C=O) groups excluding carboxylic acids is 2. The monoisotopic (exact) mass is 429 g/mol. The number of amides is 2. The van der Waals surface area contributed by atoms with Crippen molar-refractivity contribution in [2.24, 2.45) is 5.10 Å². The number of ether oxygens (including phenoxy) is 4. The summed E-state index contributed by atoms with van der Waals surface area (Å²) in [4.78, 5) is 24.3. The summed E-state index contributed by atoms with van der Waals surface area (Å²) in [5.41, 5.74) is 3.37. The normalized spacial score (nSPS) is 10.5. The SMILES string of the molecule is CCCOc1c(/C=N\NC(=O)CNC(=O)c2ccc(OC)c(OC)c2)cccc1OC. The van der Waals surface area contributed by atoms with Crippen molar-refractivity contribution >= 4 is 18.0 Å². The van der Waals surface area contributed by atoms with Crippen LogP contribution in [0, 0.1) is 0 Å². The average Bonchev–Trinajstić information content (AvgIpc) is 2.80. The maximum Gasteiger partial charge on any atom is 0.259 e. The van der Waals surface area contributed by atoms with Crippen LogP contribution in [0.3, 0.4) is 0 Å². The van der Waals surface area contributed by atoms with Crippen molar-refractivity contribution in [1.82, 2.24) is 10.7 Å². The van der Waals surface area contributed by atoms with Crippen molar-refractivity contribution < 1.29 is 28.5 Å². The Hall–Kier alpha value is -3.75. The Balaban J connectivity index is 1.94. The standard InChI is InChI=1S/C22H27N3O6/c1-5-11-31-21-16(7-6-8-18(21)29-3)13-24-25-20(26)14-23-22(27)15-9-10-17(28-2)19(12-15)30-4/h6-10,12-13H,5,11,14H2,1-4H3,(H,23,27)(H,25,26)/b24-13-. The van der Waals surface area contributed by atoms with Gasteiger partial charge in [-0.05, 0) is 36.8 Å². The van der Waals surface area contributed by atoms with E-state index in [0.717, 1.165) is 6.42 Å². The highest BCUT2D eigenvalue weighted by Crippen LogP contribution is 2.30. The van der Waals surface area contributed by atoms with Gasteiger partial charge < -0.3 is 24.3 Å². The molecule has 0 saturated heterocycles. The number of hydrogen-bond donors (Lipinski definition) is 2. The molecule has 0 aliphatic heterocycles. The maximum absolute atomic E-state index is 12.3. The Morgan fingerprint density at radius 3 is 2.42 bits per heavy atom. The molecule has 2 amide bonds. The topological polar surface area (TPSA) is 107 Å². The molecule has 0 aromatic heterocycles. The Labute approximate surface area is 181 Å². The van der Waals surface area contributed by atoms with E-state index in [1.807, 2.05) is 6.92 Å². The van der Waals surface area contributed by atoms with Crippen LogP contribution < -0.4 is 29.7 Å². The molecule has 166 valence electrons. The first-order chi connectivity index (χ1) is 15.0. The summed E-state index contributed by atoms with van der Waals surface area (Å²) in [6.07, 6.45) is 2.30. The van der Waals surface area contributed by atoms with Crippen molar-refractivity contribution in [3.05, 3.63) is 47.5 Å². The number of rotatable bonds is 11. The lowest BCUT2D eigenvalue weighted by Crippen LogP contribution is -2.34. The zero-order valence-corrected chi connectivity index (χ0v) is 18.1. The number of nitrogens with one attached hydrogen (secondary N) is 2. The molecular formula is C22H27N3O6. The van der Waals surface area contributed by atoms with E-state index in [2.05, 4.69) is 15.8 Å². The van der Waals surface area contributed by atoms with Gasteiger partial charge in [0.15, 0.2) is 23.0 Å². The van der Waals surface area contributed by atoms with Gasteiger partial charge in [-0.3, -0.25) is 9.59 Å². The summed E-state index contributed by atoms with van der Waals surface area (Å²) in [5, 5.41) is 6.47. The number of para-hydroxylation sites is 1. The number of benzene rings is 2. The van der Waals surface area contributed by atoms with Crippen LogP contribution in [-0.4, -0.2) is 52.5 Å². The summed E-state index contributed by atoms with van der Waals surface area (Å²) < 4.78 is 21.4. The Morgan fingerprint density at radius 1 is 1.00 bits per heavy atom. The fraction of sp³-hybridized carbons (Fsp3) is 0.318. The van der Waals surface area contributed by atoms with E-state index in [0.29, 0.717) is 40.7 Å². The molecule has 0 radical (unpaired) electrons. The van der Waals surface area contributed by atoms with E-state index < -0.39 is 11.8 Å². The molecule has 2 N–H and O–H groups in total. The smallest absolute Gasteiger partial charge is 0.259 e. The van der Waals surface area contributed by atoms with E-state index in [1.165, 1.54) is 26.5 Å². The number of hydrazone groups is 1. The Bertz CT molecular complexity index is 929. The second-order valence-corrected chi connectivity index (χ2v) is 6.27. The molecule has 9 nitrogen and oxygen atoms in total. The molecule has 0 aliphatic rings. The number of hydrogen-bond acceptors (Lipinski definition) is 7. The van der Waals surface area contributed by atoms with Crippen LogP contribution in [0.4, 0.5) is 0 Å². The van der Waals surface area contributed by atoms with Gasteiger partial charge in [-0.25, -0.2) is 5.43 Å². The first-order valence-corrected chi connectivity index (χ1v) is 9.65. The summed E-state index contributed by atoms with van der Waals surface area (Å²) in [7, 11) is 4.54. The summed E-state index contributed by atoms with van der Waals surface area (Å²) >= 11 is 0. The van der Waals surface area contributed by atoms with Crippen molar-refractivity contribution in [3.8, 4) is 23.0 Å². The third-order valence-electron chi connectivity index (χ3n) is 4.13. The Kier molecular flexibility index (Phi) is 9.15. The molecule has 0 spiro atoms. The minimum Gasteiger partial charge on any atom is -0.493 e. The quantitative estimate of drug-likeness (QED) is 0.420. The highest BCUT2D eigenvalue weighted by molar-refractivity contribution is 5.97. The van der Waals surface area contributed by atoms with Crippen LogP contribution >= 0.6 is 0 Å². The van der Waals surface area contributed by atoms with E-state index in [1.54, 1.807) is 37.4 Å². The molecule has 0 bridgehead atoms. The lowest BCUT2D eigenvalue weighted by Gasteiger charge is -2.12. The van der Waals surface area contributed by atoms with E-state index in [9.17, 15) is 9.59 Å². The van der Waals surface area contributed by atoms with Crippen molar-refractivity contribution in [2.75, 3.05) is 34.5 Å². The number of methoxy groups -OCH3 is 3. The van der Waals surface area contributed by atoms with Crippen LogP contribution in [0.5, 0.6) is 23.0 Å². The van der Waals surface area contributed by atoms with Crippen molar-refractivity contribution in [2.45, 2.75) is 13.3 Å². The molecule has 2 rings (SSSR count).